The molecule has 0 aromatic rings. The Hall–Kier alpha value is -0.170. The van der Waals surface area contributed by atoms with E-state index in [1.807, 2.05) is 0 Å². The molecule has 1 heterocycles. The Balaban J connectivity index is 2.61. The summed E-state index contributed by atoms with van der Waals surface area (Å²) in [4.78, 5) is 0. The van der Waals surface area contributed by atoms with Gasteiger partial charge in [0.05, 0.1) is 6.61 Å². The molecule has 0 bridgehead atoms. The van der Waals surface area contributed by atoms with Crippen molar-refractivity contribution in [3.05, 3.63) is 0 Å². The molecule has 54 valence electrons. The largest absolute Gasteiger partial charge is 0.370 e. The van der Waals surface area contributed by atoms with Crippen LogP contribution in [0, 0.1) is 0 Å². The highest BCUT2D eigenvalue weighted by Crippen LogP contribution is 2.15. The second kappa shape index (κ2) is 1.91. The van der Waals surface area contributed by atoms with E-state index in [4.69, 9.17) is 10.3 Å². The summed E-state index contributed by atoms with van der Waals surface area (Å²) in [7, 11) is -4.09. The molecule has 1 aliphatic rings. The van der Waals surface area contributed by atoms with Crippen LogP contribution in [0.3, 0.4) is 0 Å². The fraction of sp³-hybridized carbons (Fsp3) is 1.00. The van der Waals surface area contributed by atoms with E-state index in [0.717, 1.165) is 0 Å². The van der Waals surface area contributed by atoms with Crippen molar-refractivity contribution >= 4 is 10.1 Å². The van der Waals surface area contributed by atoms with Crippen molar-refractivity contribution in [1.29, 1.82) is 0 Å². The molecule has 0 aromatic carbocycles. The number of epoxide rings is 1. The third kappa shape index (κ3) is 1.62. The van der Waals surface area contributed by atoms with E-state index in [1.165, 1.54) is 0 Å². The van der Waals surface area contributed by atoms with Gasteiger partial charge in [0.25, 0.3) is 10.1 Å². The molecule has 0 amide bonds. The van der Waals surface area contributed by atoms with E-state index in [0.29, 0.717) is 6.61 Å². The van der Waals surface area contributed by atoms with Crippen molar-refractivity contribution in [3.8, 4) is 0 Å². The quantitative estimate of drug-likeness (QED) is 0.374. The molecule has 0 radical (unpaired) electrons. The normalized spacial score (nSPS) is 29.8. The van der Waals surface area contributed by atoms with Gasteiger partial charge in [-0.05, 0) is 0 Å². The van der Waals surface area contributed by atoms with E-state index in [9.17, 15) is 8.42 Å². The van der Waals surface area contributed by atoms with Crippen molar-refractivity contribution in [2.24, 2.45) is 5.73 Å². The average Bonchev–Trinajstić information content (AvgIpc) is 2.40. The number of ether oxygens (including phenoxy) is 1. The summed E-state index contributed by atoms with van der Waals surface area (Å²) in [6.07, 6.45) is -0.500. The average molecular weight is 153 g/mol. The van der Waals surface area contributed by atoms with Crippen LogP contribution in [-0.4, -0.2) is 31.1 Å². The van der Waals surface area contributed by atoms with E-state index in [1.54, 1.807) is 0 Å². The van der Waals surface area contributed by atoms with Gasteiger partial charge in [0, 0.05) is 0 Å². The number of hydrogen-bond acceptors (Lipinski definition) is 4. The summed E-state index contributed by atoms with van der Waals surface area (Å²) in [6.45, 7) is 0.320. The van der Waals surface area contributed by atoms with Crippen molar-refractivity contribution in [2.45, 2.75) is 11.5 Å². The Kier molecular flexibility index (Phi) is 1.47. The lowest BCUT2D eigenvalue weighted by atomic mass is 10.5. The monoisotopic (exact) mass is 153 g/mol. The molecular weight excluding hydrogens is 146 g/mol. The van der Waals surface area contributed by atoms with Gasteiger partial charge < -0.3 is 10.5 Å². The minimum absolute atomic E-state index is 0.320. The van der Waals surface area contributed by atoms with Gasteiger partial charge in [-0.15, -0.1) is 0 Å². The SMILES string of the molecule is NC(C1CO1)S(=O)(=O)O. The van der Waals surface area contributed by atoms with Gasteiger partial charge in [-0.3, -0.25) is 4.55 Å². The standard InChI is InChI=1S/C3H7NO4S/c4-3(2-1-8-2)9(5,6)7/h2-3H,1,4H2,(H,5,6,7). The highest BCUT2D eigenvalue weighted by atomic mass is 32.2. The highest BCUT2D eigenvalue weighted by Gasteiger charge is 2.37. The molecule has 2 atom stereocenters. The first-order valence-electron chi connectivity index (χ1n) is 2.35. The second-order valence-corrected chi connectivity index (χ2v) is 3.43. The smallest absolute Gasteiger partial charge is 0.283 e. The maximum Gasteiger partial charge on any atom is 0.283 e. The van der Waals surface area contributed by atoms with Crippen molar-refractivity contribution in [3.63, 3.8) is 0 Å². The lowest BCUT2D eigenvalue weighted by Gasteiger charge is -2.00. The Bertz CT molecular complexity index is 194. The summed E-state index contributed by atoms with van der Waals surface area (Å²) in [5.74, 6) is 0. The Morgan fingerprint density at radius 2 is 2.22 bits per heavy atom. The first kappa shape index (κ1) is 6.94. The molecule has 1 aliphatic heterocycles. The maximum absolute atomic E-state index is 10.2. The zero-order valence-corrected chi connectivity index (χ0v) is 5.34. The highest BCUT2D eigenvalue weighted by molar-refractivity contribution is 7.86. The Labute approximate surface area is 52.5 Å². The fourth-order valence-corrected chi connectivity index (χ4v) is 0.978. The zero-order valence-electron chi connectivity index (χ0n) is 4.52. The molecule has 0 spiro atoms. The van der Waals surface area contributed by atoms with Gasteiger partial charge in [0.1, 0.15) is 6.10 Å². The van der Waals surface area contributed by atoms with Crippen LogP contribution in [0.4, 0.5) is 0 Å². The Morgan fingerprint density at radius 3 is 2.33 bits per heavy atom. The van der Waals surface area contributed by atoms with Crippen LogP contribution < -0.4 is 5.73 Å². The van der Waals surface area contributed by atoms with Crippen molar-refractivity contribution < 1.29 is 17.7 Å². The molecule has 1 saturated heterocycles. The van der Waals surface area contributed by atoms with E-state index >= 15 is 0 Å². The fourth-order valence-electron chi connectivity index (χ4n) is 0.437. The molecule has 1 fully saturated rings. The predicted octanol–water partition coefficient (Wildman–Crippen LogP) is -1.44. The van der Waals surface area contributed by atoms with E-state index in [2.05, 4.69) is 4.74 Å². The third-order valence-corrected chi connectivity index (χ3v) is 2.06. The van der Waals surface area contributed by atoms with Crippen LogP contribution in [0.5, 0.6) is 0 Å². The summed E-state index contributed by atoms with van der Waals surface area (Å²) >= 11 is 0. The maximum atomic E-state index is 10.2. The topological polar surface area (TPSA) is 92.9 Å². The molecule has 2 unspecified atom stereocenters. The molecule has 3 N–H and O–H groups in total. The van der Waals surface area contributed by atoms with Crippen LogP contribution in [0.1, 0.15) is 0 Å². The summed E-state index contributed by atoms with van der Waals surface area (Å²) in [5.41, 5.74) is 4.99. The minimum Gasteiger partial charge on any atom is -0.370 e. The van der Waals surface area contributed by atoms with Crippen LogP contribution in [0.2, 0.25) is 0 Å². The first-order valence-corrected chi connectivity index (χ1v) is 3.85. The predicted molar refractivity (Wildman–Crippen MR) is 29.3 cm³/mol. The van der Waals surface area contributed by atoms with Gasteiger partial charge in [-0.25, -0.2) is 0 Å². The van der Waals surface area contributed by atoms with Crippen LogP contribution in [0.25, 0.3) is 0 Å². The molecule has 9 heavy (non-hydrogen) atoms. The molecule has 0 aliphatic carbocycles. The molecular formula is C3H7NO4S. The third-order valence-electron chi connectivity index (χ3n) is 1.07. The van der Waals surface area contributed by atoms with Gasteiger partial charge in [-0.2, -0.15) is 8.42 Å². The number of hydrogen-bond donors (Lipinski definition) is 2. The molecule has 5 nitrogen and oxygen atoms in total. The van der Waals surface area contributed by atoms with Gasteiger partial charge in [0.15, 0.2) is 5.37 Å². The van der Waals surface area contributed by atoms with Crippen LogP contribution >= 0.6 is 0 Å². The van der Waals surface area contributed by atoms with Gasteiger partial charge >= 0.3 is 0 Å². The molecule has 1 rings (SSSR count). The van der Waals surface area contributed by atoms with Crippen LogP contribution in [0.15, 0.2) is 0 Å². The number of rotatable bonds is 2. The summed E-state index contributed by atoms with van der Waals surface area (Å²) < 4.78 is 33.1. The molecule has 0 aromatic heterocycles. The van der Waals surface area contributed by atoms with Crippen molar-refractivity contribution in [1.82, 2.24) is 0 Å². The van der Waals surface area contributed by atoms with E-state index < -0.39 is 21.6 Å². The molecule has 0 saturated carbocycles. The van der Waals surface area contributed by atoms with Crippen LogP contribution in [-0.2, 0) is 14.9 Å². The van der Waals surface area contributed by atoms with E-state index in [-0.39, 0.29) is 0 Å². The van der Waals surface area contributed by atoms with Crippen molar-refractivity contribution in [2.75, 3.05) is 6.61 Å². The minimum atomic E-state index is -4.09. The zero-order chi connectivity index (χ0) is 7.07. The molecule has 6 heteroatoms. The lowest BCUT2D eigenvalue weighted by molar-refractivity contribution is 0.384. The second-order valence-electron chi connectivity index (χ2n) is 1.85. The van der Waals surface area contributed by atoms with Gasteiger partial charge in [-0.1, -0.05) is 0 Å². The lowest BCUT2D eigenvalue weighted by Crippen LogP contribution is -2.35. The van der Waals surface area contributed by atoms with Gasteiger partial charge in [0.2, 0.25) is 0 Å². The summed E-state index contributed by atoms with van der Waals surface area (Å²) in [6, 6.07) is 0. The summed E-state index contributed by atoms with van der Waals surface area (Å²) in [5, 5.41) is -1.27. The number of nitrogens with two attached hydrogens (primary N) is 1. The first-order chi connectivity index (χ1) is 4.02. The Morgan fingerprint density at radius 1 is 1.78 bits per heavy atom.